The molecule has 1 fully saturated rings. The molecule has 0 saturated heterocycles. The standard InChI is InChI=1S/C12H21NO3/c1-11(2,3)8-13-9(14)12(6-5-7-12)10(15)16-4/h5-8H2,1-4H3,(H,13,14). The SMILES string of the molecule is COC(=O)C1(C(=O)NCC(C)(C)C)CCC1. The Kier molecular flexibility index (Phi) is 3.61. The first kappa shape index (κ1) is 13.0. The molecule has 1 N–H and O–H groups in total. The van der Waals surface area contributed by atoms with Crippen LogP contribution in [0.25, 0.3) is 0 Å². The number of nitrogens with one attached hydrogen (secondary N) is 1. The third-order valence-corrected chi connectivity index (χ3v) is 3.00. The van der Waals surface area contributed by atoms with Gasteiger partial charge in [-0.1, -0.05) is 27.2 Å². The number of methoxy groups -OCH3 is 1. The van der Waals surface area contributed by atoms with Crippen LogP contribution in [-0.2, 0) is 14.3 Å². The van der Waals surface area contributed by atoms with Gasteiger partial charge in [0.2, 0.25) is 5.91 Å². The number of hydrogen-bond donors (Lipinski definition) is 1. The summed E-state index contributed by atoms with van der Waals surface area (Å²) < 4.78 is 4.71. The minimum absolute atomic E-state index is 0.0245. The van der Waals surface area contributed by atoms with Crippen LogP contribution in [0.1, 0.15) is 40.0 Å². The topological polar surface area (TPSA) is 55.4 Å². The lowest BCUT2D eigenvalue weighted by molar-refractivity contribution is -0.165. The van der Waals surface area contributed by atoms with Crippen LogP contribution in [0.4, 0.5) is 0 Å². The lowest BCUT2D eigenvalue weighted by atomic mass is 9.68. The van der Waals surface area contributed by atoms with Crippen LogP contribution in [0, 0.1) is 10.8 Å². The van der Waals surface area contributed by atoms with Crippen LogP contribution in [-0.4, -0.2) is 25.5 Å². The van der Waals surface area contributed by atoms with E-state index in [1.807, 2.05) is 20.8 Å². The number of carbonyl (C=O) groups excluding carboxylic acids is 2. The van der Waals surface area contributed by atoms with Gasteiger partial charge in [0.1, 0.15) is 5.41 Å². The monoisotopic (exact) mass is 227 g/mol. The Morgan fingerprint density at radius 3 is 2.19 bits per heavy atom. The van der Waals surface area contributed by atoms with Crippen molar-refractivity contribution in [2.45, 2.75) is 40.0 Å². The van der Waals surface area contributed by atoms with Gasteiger partial charge in [0.15, 0.2) is 0 Å². The van der Waals surface area contributed by atoms with Crippen molar-refractivity contribution in [3.05, 3.63) is 0 Å². The largest absolute Gasteiger partial charge is 0.468 e. The van der Waals surface area contributed by atoms with E-state index < -0.39 is 11.4 Å². The van der Waals surface area contributed by atoms with E-state index in [2.05, 4.69) is 5.32 Å². The fourth-order valence-corrected chi connectivity index (χ4v) is 1.76. The molecule has 0 heterocycles. The molecule has 0 bridgehead atoms. The van der Waals surface area contributed by atoms with Crippen LogP contribution in [0.15, 0.2) is 0 Å². The molecule has 1 amide bonds. The molecule has 1 aliphatic carbocycles. The summed E-state index contributed by atoms with van der Waals surface area (Å²) in [6.07, 6.45) is 2.13. The molecule has 0 spiro atoms. The van der Waals surface area contributed by atoms with Crippen molar-refractivity contribution in [1.82, 2.24) is 5.32 Å². The number of hydrogen-bond acceptors (Lipinski definition) is 3. The summed E-state index contributed by atoms with van der Waals surface area (Å²) in [6, 6.07) is 0. The second-order valence-electron chi connectivity index (χ2n) is 5.67. The Hall–Kier alpha value is -1.06. The minimum atomic E-state index is -0.903. The fourth-order valence-electron chi connectivity index (χ4n) is 1.76. The van der Waals surface area contributed by atoms with Crippen LogP contribution in [0.3, 0.4) is 0 Å². The highest BCUT2D eigenvalue weighted by Gasteiger charge is 2.51. The molecule has 4 heteroatoms. The quantitative estimate of drug-likeness (QED) is 0.587. The number of rotatable bonds is 3. The first-order valence-corrected chi connectivity index (χ1v) is 5.68. The van der Waals surface area contributed by atoms with Crippen LogP contribution < -0.4 is 5.32 Å². The Balaban J connectivity index is 2.61. The molecule has 0 aromatic heterocycles. The third-order valence-electron chi connectivity index (χ3n) is 3.00. The molecule has 0 aromatic carbocycles. The van der Waals surface area contributed by atoms with E-state index in [4.69, 9.17) is 4.74 Å². The van der Waals surface area contributed by atoms with E-state index in [9.17, 15) is 9.59 Å². The van der Waals surface area contributed by atoms with E-state index in [0.29, 0.717) is 19.4 Å². The molecule has 0 aliphatic heterocycles. The molecular formula is C12H21NO3. The second-order valence-corrected chi connectivity index (χ2v) is 5.67. The van der Waals surface area contributed by atoms with Crippen LogP contribution >= 0.6 is 0 Å². The molecule has 0 unspecified atom stereocenters. The zero-order chi connectivity index (χ0) is 12.4. The highest BCUT2D eigenvalue weighted by molar-refractivity contribution is 6.03. The minimum Gasteiger partial charge on any atom is -0.468 e. The van der Waals surface area contributed by atoms with Gasteiger partial charge in [0, 0.05) is 6.54 Å². The van der Waals surface area contributed by atoms with Crippen molar-refractivity contribution in [2.24, 2.45) is 10.8 Å². The maximum atomic E-state index is 12.0. The van der Waals surface area contributed by atoms with Crippen molar-refractivity contribution in [1.29, 1.82) is 0 Å². The average molecular weight is 227 g/mol. The van der Waals surface area contributed by atoms with Crippen molar-refractivity contribution < 1.29 is 14.3 Å². The van der Waals surface area contributed by atoms with E-state index in [1.165, 1.54) is 7.11 Å². The van der Waals surface area contributed by atoms with Gasteiger partial charge >= 0.3 is 5.97 Å². The second kappa shape index (κ2) is 4.44. The van der Waals surface area contributed by atoms with Gasteiger partial charge in [-0.2, -0.15) is 0 Å². The molecule has 0 radical (unpaired) electrons. The average Bonchev–Trinajstić information content (AvgIpc) is 2.11. The Labute approximate surface area is 96.7 Å². The van der Waals surface area contributed by atoms with Crippen molar-refractivity contribution in [3.8, 4) is 0 Å². The molecule has 0 atom stereocenters. The van der Waals surface area contributed by atoms with Gasteiger partial charge in [-0.25, -0.2) is 0 Å². The Bertz CT molecular complexity index is 287. The molecule has 1 saturated carbocycles. The van der Waals surface area contributed by atoms with E-state index in [0.717, 1.165) is 6.42 Å². The maximum absolute atomic E-state index is 12.0. The summed E-state index contributed by atoms with van der Waals surface area (Å²) in [7, 11) is 1.33. The molecule has 16 heavy (non-hydrogen) atoms. The maximum Gasteiger partial charge on any atom is 0.321 e. The summed E-state index contributed by atoms with van der Waals surface area (Å²) in [5.41, 5.74) is -0.878. The lowest BCUT2D eigenvalue weighted by Gasteiger charge is -2.37. The van der Waals surface area contributed by atoms with Gasteiger partial charge in [-0.15, -0.1) is 0 Å². The predicted molar refractivity (Wildman–Crippen MR) is 60.8 cm³/mol. The third kappa shape index (κ3) is 2.54. The number of esters is 1. The van der Waals surface area contributed by atoms with Gasteiger partial charge in [0.25, 0.3) is 0 Å². The molecule has 4 nitrogen and oxygen atoms in total. The van der Waals surface area contributed by atoms with E-state index >= 15 is 0 Å². The normalized spacial score (nSPS) is 18.5. The summed E-state index contributed by atoms with van der Waals surface area (Å²) in [6.45, 7) is 6.70. The van der Waals surface area contributed by atoms with Crippen molar-refractivity contribution in [3.63, 3.8) is 0 Å². The highest BCUT2D eigenvalue weighted by Crippen LogP contribution is 2.42. The summed E-state index contributed by atoms with van der Waals surface area (Å²) in [4.78, 5) is 23.6. The summed E-state index contributed by atoms with van der Waals surface area (Å²) >= 11 is 0. The molecule has 1 aliphatic rings. The molecule has 0 aromatic rings. The highest BCUT2D eigenvalue weighted by atomic mass is 16.5. The van der Waals surface area contributed by atoms with E-state index in [1.54, 1.807) is 0 Å². The molecular weight excluding hydrogens is 206 g/mol. The molecule has 92 valence electrons. The zero-order valence-corrected chi connectivity index (χ0v) is 10.6. The lowest BCUT2D eigenvalue weighted by Crippen LogP contribution is -2.52. The van der Waals surface area contributed by atoms with Crippen molar-refractivity contribution >= 4 is 11.9 Å². The summed E-state index contributed by atoms with van der Waals surface area (Å²) in [5.74, 6) is -0.578. The van der Waals surface area contributed by atoms with Gasteiger partial charge in [-0.3, -0.25) is 9.59 Å². The van der Waals surface area contributed by atoms with E-state index in [-0.39, 0.29) is 11.3 Å². The Morgan fingerprint density at radius 2 is 1.88 bits per heavy atom. The van der Waals surface area contributed by atoms with Gasteiger partial charge in [0.05, 0.1) is 7.11 Å². The first-order chi connectivity index (χ1) is 7.32. The number of carbonyl (C=O) groups is 2. The Morgan fingerprint density at radius 1 is 1.31 bits per heavy atom. The van der Waals surface area contributed by atoms with Crippen molar-refractivity contribution in [2.75, 3.05) is 13.7 Å². The number of ether oxygens (including phenoxy) is 1. The van der Waals surface area contributed by atoms with Gasteiger partial charge in [-0.05, 0) is 18.3 Å². The zero-order valence-electron chi connectivity index (χ0n) is 10.6. The summed E-state index contributed by atoms with van der Waals surface area (Å²) in [5, 5.41) is 2.84. The van der Waals surface area contributed by atoms with Gasteiger partial charge < -0.3 is 10.1 Å². The predicted octanol–water partition coefficient (Wildman–Crippen LogP) is 1.49. The van der Waals surface area contributed by atoms with Crippen LogP contribution in [0.5, 0.6) is 0 Å². The number of amides is 1. The smallest absolute Gasteiger partial charge is 0.321 e. The fraction of sp³-hybridized carbons (Fsp3) is 0.833. The first-order valence-electron chi connectivity index (χ1n) is 5.68. The molecule has 1 rings (SSSR count). The van der Waals surface area contributed by atoms with Crippen LogP contribution in [0.2, 0.25) is 0 Å².